The van der Waals surface area contributed by atoms with Gasteiger partial charge in [0, 0.05) is 41.7 Å². The van der Waals surface area contributed by atoms with Gasteiger partial charge in [0.2, 0.25) is 5.91 Å². The van der Waals surface area contributed by atoms with Crippen LogP contribution in [-0.4, -0.2) is 23.2 Å². The number of carbonyl (C=O) groups is 1. The van der Waals surface area contributed by atoms with Crippen LogP contribution in [0.25, 0.3) is 10.9 Å². The van der Waals surface area contributed by atoms with Gasteiger partial charge in [-0.05, 0) is 29.4 Å². The summed E-state index contributed by atoms with van der Waals surface area (Å²) in [5.41, 5.74) is 1.82. The third kappa shape index (κ3) is 3.05. The fourth-order valence-electron chi connectivity index (χ4n) is 2.10. The Bertz CT molecular complexity index is 760. The first kappa shape index (κ1) is 13.2. The maximum Gasteiger partial charge on any atom is 0.254 e. The number of benzene rings is 1. The predicted octanol–water partition coefficient (Wildman–Crippen LogP) is 2.74. The molecule has 0 saturated carbocycles. The van der Waals surface area contributed by atoms with Gasteiger partial charge in [-0.25, -0.2) is 0 Å². The zero-order valence-corrected chi connectivity index (χ0v) is 11.6. The van der Waals surface area contributed by atoms with Gasteiger partial charge < -0.3 is 19.6 Å². The number of hydrogen-bond donors (Lipinski definition) is 2. The molecule has 21 heavy (non-hydrogen) atoms. The average molecular weight is 285 g/mol. The minimum atomic E-state index is -0.0692. The van der Waals surface area contributed by atoms with E-state index in [4.69, 9.17) is 9.26 Å². The molecule has 0 aliphatic heterocycles. The van der Waals surface area contributed by atoms with Gasteiger partial charge in [-0.3, -0.25) is 4.79 Å². The number of aromatic nitrogens is 2. The first-order chi connectivity index (χ1) is 10.2. The van der Waals surface area contributed by atoms with Crippen molar-refractivity contribution in [3.8, 4) is 5.88 Å². The predicted molar refractivity (Wildman–Crippen MR) is 78.3 cm³/mol. The number of fused-ring (bicyclic) bond motifs is 1. The number of aryl methyl sites for hydroxylation is 1. The standard InChI is InChI=1S/C15H15N3O3/c1-20-15-9-12(21-18-15)3-5-14(19)17-11-2-4-13-10(8-11)6-7-16-13/h2,4,6-9,16H,3,5H2,1H3,(H,17,19). The smallest absolute Gasteiger partial charge is 0.254 e. The van der Waals surface area contributed by atoms with Crippen LogP contribution >= 0.6 is 0 Å². The van der Waals surface area contributed by atoms with Gasteiger partial charge >= 0.3 is 0 Å². The first-order valence-corrected chi connectivity index (χ1v) is 6.61. The van der Waals surface area contributed by atoms with E-state index in [0.29, 0.717) is 24.5 Å². The van der Waals surface area contributed by atoms with Crippen LogP contribution in [0, 0.1) is 0 Å². The number of rotatable bonds is 5. The van der Waals surface area contributed by atoms with Crippen LogP contribution in [-0.2, 0) is 11.2 Å². The molecule has 1 amide bonds. The Balaban J connectivity index is 1.58. The van der Waals surface area contributed by atoms with Crippen LogP contribution in [0.5, 0.6) is 5.88 Å². The molecule has 0 aliphatic carbocycles. The van der Waals surface area contributed by atoms with Gasteiger partial charge in [0.05, 0.1) is 7.11 Å². The number of nitrogens with zero attached hydrogens (tertiary/aromatic N) is 1. The van der Waals surface area contributed by atoms with E-state index in [1.165, 1.54) is 7.11 Å². The summed E-state index contributed by atoms with van der Waals surface area (Å²) < 4.78 is 9.97. The highest BCUT2D eigenvalue weighted by atomic mass is 16.5. The van der Waals surface area contributed by atoms with Gasteiger partial charge in [0.15, 0.2) is 0 Å². The SMILES string of the molecule is COc1cc(CCC(=O)Nc2ccc3[nH]ccc3c2)on1. The number of carbonyl (C=O) groups excluding carboxylic acids is 1. The zero-order valence-electron chi connectivity index (χ0n) is 11.6. The van der Waals surface area contributed by atoms with E-state index in [1.54, 1.807) is 6.07 Å². The molecule has 0 fully saturated rings. The van der Waals surface area contributed by atoms with Gasteiger partial charge in [-0.15, -0.1) is 0 Å². The second kappa shape index (κ2) is 5.70. The van der Waals surface area contributed by atoms with Crippen molar-refractivity contribution in [2.75, 3.05) is 12.4 Å². The monoisotopic (exact) mass is 285 g/mol. The second-order valence-electron chi connectivity index (χ2n) is 4.66. The van der Waals surface area contributed by atoms with Crippen LogP contribution in [0.3, 0.4) is 0 Å². The summed E-state index contributed by atoms with van der Waals surface area (Å²) >= 11 is 0. The topological polar surface area (TPSA) is 80.1 Å². The Morgan fingerprint density at radius 2 is 2.29 bits per heavy atom. The third-order valence-electron chi connectivity index (χ3n) is 3.18. The Labute approximate surface area is 121 Å². The molecule has 2 N–H and O–H groups in total. The summed E-state index contributed by atoms with van der Waals surface area (Å²) in [6, 6.07) is 9.38. The van der Waals surface area contributed by atoms with Crippen LogP contribution in [0.4, 0.5) is 5.69 Å². The minimum absolute atomic E-state index is 0.0692. The molecule has 3 aromatic rings. The molecule has 6 heteroatoms. The molecule has 0 bridgehead atoms. The number of aromatic amines is 1. The molecule has 2 heterocycles. The van der Waals surface area contributed by atoms with Crippen molar-refractivity contribution in [3.63, 3.8) is 0 Å². The van der Waals surface area contributed by atoms with E-state index in [-0.39, 0.29) is 5.91 Å². The molecule has 108 valence electrons. The first-order valence-electron chi connectivity index (χ1n) is 6.61. The Kier molecular flexibility index (Phi) is 3.59. The number of amides is 1. The highest BCUT2D eigenvalue weighted by Gasteiger charge is 2.08. The molecule has 0 radical (unpaired) electrons. The summed E-state index contributed by atoms with van der Waals surface area (Å²) in [6.45, 7) is 0. The molecule has 0 spiro atoms. The molecule has 6 nitrogen and oxygen atoms in total. The Hall–Kier alpha value is -2.76. The molecule has 0 unspecified atom stereocenters. The quantitative estimate of drug-likeness (QED) is 0.755. The molecule has 3 rings (SSSR count). The van der Waals surface area contributed by atoms with Crippen molar-refractivity contribution < 1.29 is 14.1 Å². The number of anilines is 1. The van der Waals surface area contributed by atoms with E-state index >= 15 is 0 Å². The fourth-order valence-corrected chi connectivity index (χ4v) is 2.10. The van der Waals surface area contributed by atoms with Crippen molar-refractivity contribution in [2.45, 2.75) is 12.8 Å². The van der Waals surface area contributed by atoms with E-state index in [9.17, 15) is 4.79 Å². The number of hydrogen-bond acceptors (Lipinski definition) is 4. The molecule has 0 atom stereocenters. The number of ether oxygens (including phenoxy) is 1. The van der Waals surface area contributed by atoms with Crippen LogP contribution in [0.1, 0.15) is 12.2 Å². The summed E-state index contributed by atoms with van der Waals surface area (Å²) in [5.74, 6) is 0.978. The molecular formula is C15H15N3O3. The average Bonchev–Trinajstić information content (AvgIpc) is 3.13. The minimum Gasteiger partial charge on any atom is -0.479 e. The highest BCUT2D eigenvalue weighted by molar-refractivity contribution is 5.93. The lowest BCUT2D eigenvalue weighted by atomic mass is 10.2. The van der Waals surface area contributed by atoms with Gasteiger partial charge in [0.25, 0.3) is 5.88 Å². The summed E-state index contributed by atoms with van der Waals surface area (Å²) in [4.78, 5) is 15.0. The van der Waals surface area contributed by atoms with Crippen molar-refractivity contribution >= 4 is 22.5 Å². The highest BCUT2D eigenvalue weighted by Crippen LogP contribution is 2.18. The van der Waals surface area contributed by atoms with Crippen molar-refractivity contribution in [1.29, 1.82) is 0 Å². The normalized spacial score (nSPS) is 10.7. The molecule has 0 aliphatic rings. The second-order valence-corrected chi connectivity index (χ2v) is 4.66. The van der Waals surface area contributed by atoms with Crippen molar-refractivity contribution in [1.82, 2.24) is 10.1 Å². The van der Waals surface area contributed by atoms with Gasteiger partial charge in [-0.2, -0.15) is 0 Å². The lowest BCUT2D eigenvalue weighted by Gasteiger charge is -2.04. The molecule has 2 aromatic heterocycles. The number of H-pyrrole nitrogens is 1. The van der Waals surface area contributed by atoms with Crippen LogP contribution in [0.15, 0.2) is 41.1 Å². The largest absolute Gasteiger partial charge is 0.479 e. The Morgan fingerprint density at radius 3 is 3.10 bits per heavy atom. The maximum absolute atomic E-state index is 11.9. The molecular weight excluding hydrogens is 270 g/mol. The lowest BCUT2D eigenvalue weighted by Crippen LogP contribution is -2.12. The maximum atomic E-state index is 11.9. The van der Waals surface area contributed by atoms with Crippen molar-refractivity contribution in [3.05, 3.63) is 42.3 Å². The van der Waals surface area contributed by atoms with Gasteiger partial charge in [0.1, 0.15) is 5.76 Å². The Morgan fingerprint density at radius 1 is 1.38 bits per heavy atom. The number of nitrogens with one attached hydrogen (secondary N) is 2. The van der Waals surface area contributed by atoms with E-state index < -0.39 is 0 Å². The molecule has 1 aromatic carbocycles. The van der Waals surface area contributed by atoms with E-state index in [2.05, 4.69) is 15.5 Å². The van der Waals surface area contributed by atoms with Crippen LogP contribution < -0.4 is 10.1 Å². The summed E-state index contributed by atoms with van der Waals surface area (Å²) in [5, 5.41) is 7.62. The summed E-state index contributed by atoms with van der Waals surface area (Å²) in [7, 11) is 1.52. The zero-order chi connectivity index (χ0) is 14.7. The van der Waals surface area contributed by atoms with Gasteiger partial charge in [-0.1, -0.05) is 0 Å². The van der Waals surface area contributed by atoms with Crippen LogP contribution in [0.2, 0.25) is 0 Å². The van der Waals surface area contributed by atoms with E-state index in [1.807, 2.05) is 30.5 Å². The van der Waals surface area contributed by atoms with Crippen molar-refractivity contribution in [2.24, 2.45) is 0 Å². The van der Waals surface area contributed by atoms with E-state index in [0.717, 1.165) is 16.6 Å². The fraction of sp³-hybridized carbons (Fsp3) is 0.200. The lowest BCUT2D eigenvalue weighted by molar-refractivity contribution is -0.116. The third-order valence-corrected chi connectivity index (χ3v) is 3.18. The summed E-state index contributed by atoms with van der Waals surface area (Å²) in [6.07, 6.45) is 2.67. The molecule has 0 saturated heterocycles. The number of methoxy groups -OCH3 is 1.